The van der Waals surface area contributed by atoms with Crippen molar-refractivity contribution in [2.45, 2.75) is 26.3 Å². The van der Waals surface area contributed by atoms with E-state index in [2.05, 4.69) is 40.5 Å². The number of carbonyl (C=O) groups excluding carboxylic acids is 2. The van der Waals surface area contributed by atoms with E-state index in [0.29, 0.717) is 12.2 Å². The predicted molar refractivity (Wildman–Crippen MR) is 139 cm³/mol. The van der Waals surface area contributed by atoms with Gasteiger partial charge in [-0.1, -0.05) is 18.2 Å². The smallest absolute Gasteiger partial charge is 0.224 e. The number of rotatable bonds is 8. The summed E-state index contributed by atoms with van der Waals surface area (Å²) in [5.41, 5.74) is 3.63. The summed E-state index contributed by atoms with van der Waals surface area (Å²) in [6.45, 7) is 6.42. The summed E-state index contributed by atoms with van der Waals surface area (Å²) in [5, 5.41) is 6.76. The summed E-state index contributed by atoms with van der Waals surface area (Å²) in [6.07, 6.45) is 0.221. The SMILES string of the molecule is COc1ccccc1CNC(=O)CCC(=O)Nc1ccc2nc(N3CCN(C)CC3)cc(C)c2c1. The van der Waals surface area contributed by atoms with Gasteiger partial charge in [-0.3, -0.25) is 9.59 Å². The predicted octanol–water partition coefficient (Wildman–Crippen LogP) is 3.34. The van der Waals surface area contributed by atoms with Gasteiger partial charge < -0.3 is 25.2 Å². The number of hydrogen-bond donors (Lipinski definition) is 2. The van der Waals surface area contributed by atoms with Gasteiger partial charge in [0.2, 0.25) is 11.8 Å². The summed E-state index contributed by atoms with van der Waals surface area (Å²) in [6, 6.07) is 15.4. The molecule has 0 radical (unpaired) electrons. The fourth-order valence-electron chi connectivity index (χ4n) is 4.23. The number of hydrogen-bond acceptors (Lipinski definition) is 6. The van der Waals surface area contributed by atoms with Crippen LogP contribution in [0.5, 0.6) is 5.75 Å². The van der Waals surface area contributed by atoms with Crippen LogP contribution in [-0.2, 0) is 16.1 Å². The second-order valence-corrected chi connectivity index (χ2v) is 8.96. The molecule has 1 fully saturated rings. The van der Waals surface area contributed by atoms with Crippen molar-refractivity contribution in [3.8, 4) is 5.75 Å². The van der Waals surface area contributed by atoms with Gasteiger partial charge in [0.05, 0.1) is 12.6 Å². The van der Waals surface area contributed by atoms with Gasteiger partial charge in [0.25, 0.3) is 0 Å². The van der Waals surface area contributed by atoms with Crippen LogP contribution in [0.1, 0.15) is 24.0 Å². The van der Waals surface area contributed by atoms with Crippen LogP contribution < -0.4 is 20.3 Å². The Morgan fingerprint density at radius 2 is 1.74 bits per heavy atom. The number of methoxy groups -OCH3 is 1. The number of aromatic nitrogens is 1. The molecule has 8 heteroatoms. The Kier molecular flexibility index (Phi) is 7.82. The molecular formula is C27H33N5O3. The molecule has 0 spiro atoms. The summed E-state index contributed by atoms with van der Waals surface area (Å²) >= 11 is 0. The average molecular weight is 476 g/mol. The van der Waals surface area contributed by atoms with Crippen molar-refractivity contribution in [1.82, 2.24) is 15.2 Å². The number of ether oxygens (including phenoxy) is 1. The molecule has 2 N–H and O–H groups in total. The van der Waals surface area contributed by atoms with Gasteiger partial charge in [0.1, 0.15) is 11.6 Å². The summed E-state index contributed by atoms with van der Waals surface area (Å²) in [5.74, 6) is 1.35. The molecule has 2 aromatic carbocycles. The lowest BCUT2D eigenvalue weighted by atomic mass is 10.1. The van der Waals surface area contributed by atoms with E-state index in [1.54, 1.807) is 7.11 Å². The maximum Gasteiger partial charge on any atom is 0.224 e. The van der Waals surface area contributed by atoms with E-state index in [1.165, 1.54) is 0 Å². The normalized spacial score (nSPS) is 14.1. The van der Waals surface area contributed by atoms with Crippen LogP contribution in [0.4, 0.5) is 11.5 Å². The Bertz CT molecular complexity index is 1200. The summed E-state index contributed by atoms with van der Waals surface area (Å²) in [4.78, 5) is 34.2. The maximum absolute atomic E-state index is 12.5. The molecule has 0 aliphatic carbocycles. The van der Waals surface area contributed by atoms with Crippen molar-refractivity contribution in [3.63, 3.8) is 0 Å². The molecule has 35 heavy (non-hydrogen) atoms. The number of likely N-dealkylation sites (N-methyl/N-ethyl adjacent to an activating group) is 1. The lowest BCUT2D eigenvalue weighted by Gasteiger charge is -2.33. The minimum absolute atomic E-state index is 0.107. The standard InChI is InChI=1S/C27H33N5O3/c1-19-16-25(32-14-12-31(2)13-15-32)30-23-9-8-21(17-22(19)23)29-27(34)11-10-26(33)28-18-20-6-4-5-7-24(20)35-3/h4-9,16-17H,10-15,18H2,1-3H3,(H,28,33)(H,29,34). The van der Waals surface area contributed by atoms with Crippen molar-refractivity contribution in [1.29, 1.82) is 0 Å². The Hall–Kier alpha value is -3.65. The van der Waals surface area contributed by atoms with Gasteiger partial charge in [-0.2, -0.15) is 0 Å². The van der Waals surface area contributed by atoms with Crippen molar-refractivity contribution in [2.75, 3.05) is 50.6 Å². The van der Waals surface area contributed by atoms with Crippen LogP contribution in [-0.4, -0.2) is 62.0 Å². The largest absolute Gasteiger partial charge is 0.496 e. The monoisotopic (exact) mass is 475 g/mol. The van der Waals surface area contributed by atoms with E-state index in [4.69, 9.17) is 9.72 Å². The Morgan fingerprint density at radius 1 is 1.00 bits per heavy atom. The van der Waals surface area contributed by atoms with Crippen LogP contribution in [0.25, 0.3) is 10.9 Å². The van der Waals surface area contributed by atoms with Gasteiger partial charge in [-0.25, -0.2) is 4.98 Å². The number of anilines is 2. The minimum Gasteiger partial charge on any atom is -0.496 e. The Morgan fingerprint density at radius 3 is 2.51 bits per heavy atom. The third-order valence-electron chi connectivity index (χ3n) is 6.36. The Labute approximate surface area is 206 Å². The first-order valence-electron chi connectivity index (χ1n) is 12.0. The third-order valence-corrected chi connectivity index (χ3v) is 6.36. The molecule has 1 saturated heterocycles. The van der Waals surface area contributed by atoms with E-state index in [1.807, 2.05) is 42.5 Å². The topological polar surface area (TPSA) is 86.8 Å². The molecule has 2 heterocycles. The van der Waals surface area contributed by atoms with Crippen LogP contribution in [0.3, 0.4) is 0 Å². The number of para-hydroxylation sites is 1. The van der Waals surface area contributed by atoms with Gasteiger partial charge in [0.15, 0.2) is 0 Å². The molecule has 184 valence electrons. The van der Waals surface area contributed by atoms with Crippen molar-refractivity contribution in [2.24, 2.45) is 0 Å². The molecule has 0 bridgehead atoms. The maximum atomic E-state index is 12.5. The van der Waals surface area contributed by atoms with E-state index < -0.39 is 0 Å². The number of nitrogens with one attached hydrogen (secondary N) is 2. The molecular weight excluding hydrogens is 442 g/mol. The quantitative estimate of drug-likeness (QED) is 0.520. The molecule has 3 aromatic rings. The summed E-state index contributed by atoms with van der Waals surface area (Å²) < 4.78 is 5.30. The zero-order valence-electron chi connectivity index (χ0n) is 20.6. The number of pyridine rings is 1. The molecule has 0 atom stereocenters. The number of piperazine rings is 1. The van der Waals surface area contributed by atoms with E-state index in [9.17, 15) is 9.59 Å². The fourth-order valence-corrected chi connectivity index (χ4v) is 4.23. The molecule has 0 unspecified atom stereocenters. The molecule has 2 amide bonds. The average Bonchev–Trinajstić information content (AvgIpc) is 2.87. The molecule has 0 saturated carbocycles. The zero-order valence-corrected chi connectivity index (χ0v) is 20.6. The van der Waals surface area contributed by atoms with E-state index in [-0.39, 0.29) is 24.7 Å². The van der Waals surface area contributed by atoms with E-state index in [0.717, 1.165) is 59.8 Å². The second-order valence-electron chi connectivity index (χ2n) is 8.96. The highest BCUT2D eigenvalue weighted by Gasteiger charge is 2.17. The molecule has 1 aliphatic rings. The zero-order chi connectivity index (χ0) is 24.8. The number of benzene rings is 2. The molecule has 4 rings (SSSR count). The lowest BCUT2D eigenvalue weighted by Crippen LogP contribution is -2.44. The fraction of sp³-hybridized carbons (Fsp3) is 0.370. The summed E-state index contributed by atoms with van der Waals surface area (Å²) in [7, 11) is 3.74. The van der Waals surface area contributed by atoms with Crippen LogP contribution in [0.2, 0.25) is 0 Å². The Balaban J connectivity index is 1.31. The van der Waals surface area contributed by atoms with Crippen molar-refractivity contribution >= 4 is 34.2 Å². The molecule has 1 aliphatic heterocycles. The van der Waals surface area contributed by atoms with Crippen molar-refractivity contribution in [3.05, 3.63) is 59.7 Å². The number of amides is 2. The highest BCUT2D eigenvalue weighted by Crippen LogP contribution is 2.26. The highest BCUT2D eigenvalue weighted by atomic mass is 16.5. The van der Waals surface area contributed by atoms with Gasteiger partial charge >= 0.3 is 0 Å². The van der Waals surface area contributed by atoms with Crippen LogP contribution in [0.15, 0.2) is 48.5 Å². The molecule has 8 nitrogen and oxygen atoms in total. The number of carbonyl (C=O) groups is 2. The van der Waals surface area contributed by atoms with Crippen LogP contribution in [0, 0.1) is 6.92 Å². The van der Waals surface area contributed by atoms with E-state index >= 15 is 0 Å². The first-order valence-corrected chi connectivity index (χ1v) is 12.0. The lowest BCUT2D eigenvalue weighted by molar-refractivity contribution is -0.124. The first kappa shape index (κ1) is 24.5. The van der Waals surface area contributed by atoms with Gasteiger partial charge in [-0.15, -0.1) is 0 Å². The highest BCUT2D eigenvalue weighted by molar-refractivity contribution is 5.96. The number of nitrogens with zero attached hydrogens (tertiary/aromatic N) is 3. The van der Waals surface area contributed by atoms with Crippen molar-refractivity contribution < 1.29 is 14.3 Å². The van der Waals surface area contributed by atoms with Crippen LogP contribution >= 0.6 is 0 Å². The second kappa shape index (κ2) is 11.2. The van der Waals surface area contributed by atoms with Gasteiger partial charge in [-0.05, 0) is 49.9 Å². The minimum atomic E-state index is -0.198. The number of fused-ring (bicyclic) bond motifs is 1. The molecule has 1 aromatic heterocycles. The third kappa shape index (κ3) is 6.27. The number of aryl methyl sites for hydroxylation is 1. The van der Waals surface area contributed by atoms with Gasteiger partial charge in [0, 0.05) is 62.2 Å². The first-order chi connectivity index (χ1) is 16.9.